The van der Waals surface area contributed by atoms with Crippen LogP contribution in [0.25, 0.3) is 0 Å². The summed E-state index contributed by atoms with van der Waals surface area (Å²) >= 11 is 0. The molecule has 5 heteroatoms. The molecule has 2 aliphatic heterocycles. The van der Waals surface area contributed by atoms with E-state index in [-0.39, 0.29) is 11.3 Å². The second-order valence-corrected chi connectivity index (χ2v) is 9.13. The number of piperidine rings is 1. The van der Waals surface area contributed by atoms with Crippen molar-refractivity contribution in [2.75, 3.05) is 19.7 Å². The first-order chi connectivity index (χ1) is 16.0. The van der Waals surface area contributed by atoms with Crippen LogP contribution in [-0.4, -0.2) is 30.5 Å². The molecule has 3 aromatic rings. The van der Waals surface area contributed by atoms with Crippen LogP contribution in [0.15, 0.2) is 52.9 Å². The van der Waals surface area contributed by atoms with E-state index in [1.165, 1.54) is 5.56 Å². The summed E-state index contributed by atoms with van der Waals surface area (Å²) < 4.78 is 11.8. The van der Waals surface area contributed by atoms with Crippen molar-refractivity contribution in [1.82, 2.24) is 4.90 Å². The Morgan fingerprint density at radius 1 is 1.06 bits per heavy atom. The Bertz CT molecular complexity index is 1270. The standard InChI is InChI=1S/C28H28N2O3/c1-19-3-4-20(2)22(15-19)6-7-23-8-10-26(33-23)27(31)30-13-11-28(12-14-30)18-32-25-9-5-21(17-29)16-24(25)28/h3-5,8-10,15-16H,11-14,17-18,29H2,1-2H3. The molecule has 1 amide bonds. The maximum Gasteiger partial charge on any atom is 0.289 e. The summed E-state index contributed by atoms with van der Waals surface area (Å²) in [5.74, 6) is 7.92. The van der Waals surface area contributed by atoms with E-state index < -0.39 is 0 Å². The first-order valence-corrected chi connectivity index (χ1v) is 11.4. The first kappa shape index (κ1) is 21.4. The lowest BCUT2D eigenvalue weighted by Crippen LogP contribution is -2.46. The van der Waals surface area contributed by atoms with Crippen LogP contribution in [0.2, 0.25) is 0 Å². The number of nitrogens with two attached hydrogens (primary N) is 1. The third-order valence-electron chi connectivity index (χ3n) is 6.89. The number of nitrogens with zero attached hydrogens (tertiary/aromatic N) is 1. The SMILES string of the molecule is Cc1ccc(C)c(C#Cc2ccc(C(=O)N3CCC4(CC3)COc3ccc(CN)cc34)o2)c1. The van der Waals surface area contributed by atoms with Gasteiger partial charge in [-0.1, -0.05) is 30.2 Å². The minimum Gasteiger partial charge on any atom is -0.492 e. The van der Waals surface area contributed by atoms with Gasteiger partial charge in [0.1, 0.15) is 5.75 Å². The van der Waals surface area contributed by atoms with E-state index in [9.17, 15) is 4.79 Å². The predicted molar refractivity (Wildman–Crippen MR) is 127 cm³/mol. The summed E-state index contributed by atoms with van der Waals surface area (Å²) in [7, 11) is 0. The summed E-state index contributed by atoms with van der Waals surface area (Å²) in [5, 5.41) is 0. The van der Waals surface area contributed by atoms with Gasteiger partial charge < -0.3 is 19.8 Å². The molecule has 1 fully saturated rings. The number of hydrogen-bond donors (Lipinski definition) is 1. The van der Waals surface area contributed by atoms with Gasteiger partial charge in [-0.15, -0.1) is 0 Å². The number of benzene rings is 2. The molecule has 0 radical (unpaired) electrons. The van der Waals surface area contributed by atoms with E-state index in [1.807, 2.05) is 30.9 Å². The van der Waals surface area contributed by atoms with Gasteiger partial charge in [-0.05, 0) is 73.6 Å². The van der Waals surface area contributed by atoms with Gasteiger partial charge in [0.05, 0.1) is 6.61 Å². The molecular formula is C28H28N2O3. The summed E-state index contributed by atoms with van der Waals surface area (Å²) in [6.45, 7) is 6.59. The number of fused-ring (bicyclic) bond motifs is 2. The number of ether oxygens (including phenoxy) is 1. The molecule has 2 aromatic carbocycles. The molecular weight excluding hydrogens is 412 g/mol. The van der Waals surface area contributed by atoms with Gasteiger partial charge in [-0.2, -0.15) is 0 Å². The smallest absolute Gasteiger partial charge is 0.289 e. The van der Waals surface area contributed by atoms with Crippen LogP contribution >= 0.6 is 0 Å². The Morgan fingerprint density at radius 2 is 1.88 bits per heavy atom. The predicted octanol–water partition coefficient (Wildman–Crippen LogP) is 4.32. The average molecular weight is 441 g/mol. The normalized spacial score (nSPS) is 16.2. The second kappa shape index (κ2) is 8.46. The molecule has 0 aliphatic carbocycles. The minimum absolute atomic E-state index is 0.0389. The topological polar surface area (TPSA) is 68.7 Å². The zero-order valence-corrected chi connectivity index (χ0v) is 19.1. The average Bonchev–Trinajstić information content (AvgIpc) is 3.45. The quantitative estimate of drug-likeness (QED) is 0.603. The Hall–Kier alpha value is -3.49. The van der Waals surface area contributed by atoms with Crippen molar-refractivity contribution < 1.29 is 13.9 Å². The van der Waals surface area contributed by atoms with Crippen molar-refractivity contribution in [2.24, 2.45) is 5.73 Å². The van der Waals surface area contributed by atoms with Gasteiger partial charge in [0, 0.05) is 36.2 Å². The van der Waals surface area contributed by atoms with Crippen molar-refractivity contribution >= 4 is 5.91 Å². The molecule has 0 atom stereocenters. The molecule has 1 aromatic heterocycles. The largest absolute Gasteiger partial charge is 0.492 e. The number of hydrogen-bond acceptors (Lipinski definition) is 4. The highest BCUT2D eigenvalue weighted by Crippen LogP contribution is 2.46. The number of carbonyl (C=O) groups excluding carboxylic acids is 1. The molecule has 1 saturated heterocycles. The summed E-state index contributed by atoms with van der Waals surface area (Å²) in [4.78, 5) is 14.9. The van der Waals surface area contributed by atoms with E-state index in [2.05, 4.69) is 36.1 Å². The molecule has 0 unspecified atom stereocenters. The molecule has 1 spiro atoms. The second-order valence-electron chi connectivity index (χ2n) is 9.13. The van der Waals surface area contributed by atoms with Crippen LogP contribution in [-0.2, 0) is 12.0 Å². The lowest BCUT2D eigenvalue weighted by molar-refractivity contribution is 0.0615. The fourth-order valence-corrected chi connectivity index (χ4v) is 4.76. The fraction of sp³-hybridized carbons (Fsp3) is 0.321. The van der Waals surface area contributed by atoms with E-state index in [4.69, 9.17) is 14.9 Å². The third kappa shape index (κ3) is 4.03. The molecule has 2 N–H and O–H groups in total. The van der Waals surface area contributed by atoms with E-state index in [0.717, 1.165) is 40.8 Å². The van der Waals surface area contributed by atoms with Crippen LogP contribution in [0.4, 0.5) is 0 Å². The number of carbonyl (C=O) groups is 1. The van der Waals surface area contributed by atoms with Crippen molar-refractivity contribution in [2.45, 2.75) is 38.6 Å². The Kier molecular flexibility index (Phi) is 5.47. The summed E-state index contributed by atoms with van der Waals surface area (Å²) in [6.07, 6.45) is 1.72. The number of amides is 1. The van der Waals surface area contributed by atoms with E-state index in [0.29, 0.717) is 37.8 Å². The van der Waals surface area contributed by atoms with Crippen LogP contribution in [0, 0.1) is 25.7 Å². The molecule has 3 heterocycles. The maximum absolute atomic E-state index is 13.1. The highest BCUT2D eigenvalue weighted by atomic mass is 16.5. The molecule has 5 rings (SSSR count). The molecule has 5 nitrogen and oxygen atoms in total. The van der Waals surface area contributed by atoms with Gasteiger partial charge in [0.25, 0.3) is 5.91 Å². The van der Waals surface area contributed by atoms with E-state index >= 15 is 0 Å². The summed E-state index contributed by atoms with van der Waals surface area (Å²) in [5.41, 5.74) is 11.4. The molecule has 0 bridgehead atoms. The first-order valence-electron chi connectivity index (χ1n) is 11.4. The number of furan rings is 1. The van der Waals surface area contributed by atoms with E-state index in [1.54, 1.807) is 12.1 Å². The maximum atomic E-state index is 13.1. The van der Waals surface area contributed by atoms with Crippen molar-refractivity contribution in [3.63, 3.8) is 0 Å². The van der Waals surface area contributed by atoms with Gasteiger partial charge in [0.15, 0.2) is 11.5 Å². The number of aryl methyl sites for hydroxylation is 2. The van der Waals surface area contributed by atoms with Gasteiger partial charge in [0.2, 0.25) is 0 Å². The van der Waals surface area contributed by atoms with Gasteiger partial charge >= 0.3 is 0 Å². The molecule has 33 heavy (non-hydrogen) atoms. The minimum atomic E-state index is -0.0838. The zero-order chi connectivity index (χ0) is 23.0. The van der Waals surface area contributed by atoms with Crippen molar-refractivity contribution in [1.29, 1.82) is 0 Å². The van der Waals surface area contributed by atoms with Crippen molar-refractivity contribution in [3.8, 4) is 17.6 Å². The Balaban J connectivity index is 1.27. The number of likely N-dealkylation sites (tertiary alicyclic amines) is 1. The lowest BCUT2D eigenvalue weighted by atomic mass is 9.74. The van der Waals surface area contributed by atoms with Gasteiger partial charge in [-0.3, -0.25) is 4.79 Å². The monoisotopic (exact) mass is 440 g/mol. The third-order valence-corrected chi connectivity index (χ3v) is 6.89. The Morgan fingerprint density at radius 3 is 2.67 bits per heavy atom. The zero-order valence-electron chi connectivity index (χ0n) is 19.1. The van der Waals surface area contributed by atoms with Crippen LogP contribution in [0.1, 0.15) is 57.0 Å². The van der Waals surface area contributed by atoms with Crippen LogP contribution in [0.3, 0.4) is 0 Å². The number of rotatable bonds is 2. The Labute approximate surface area is 194 Å². The fourth-order valence-electron chi connectivity index (χ4n) is 4.76. The van der Waals surface area contributed by atoms with Crippen molar-refractivity contribution in [3.05, 3.63) is 87.9 Å². The highest BCUT2D eigenvalue weighted by molar-refractivity contribution is 5.91. The van der Waals surface area contributed by atoms with Gasteiger partial charge in [-0.25, -0.2) is 0 Å². The molecule has 0 saturated carbocycles. The molecule has 168 valence electrons. The lowest BCUT2D eigenvalue weighted by Gasteiger charge is -2.38. The summed E-state index contributed by atoms with van der Waals surface area (Å²) in [6, 6.07) is 15.9. The highest BCUT2D eigenvalue weighted by Gasteiger charge is 2.44. The van der Waals surface area contributed by atoms with Crippen LogP contribution in [0.5, 0.6) is 5.75 Å². The molecule has 2 aliphatic rings. The van der Waals surface area contributed by atoms with Crippen LogP contribution < -0.4 is 10.5 Å².